The summed E-state index contributed by atoms with van der Waals surface area (Å²) in [6, 6.07) is 5.46. The number of aliphatic hydroxyl groups is 1. The molecule has 5 nitrogen and oxygen atoms in total. The van der Waals surface area contributed by atoms with Crippen molar-refractivity contribution in [2.45, 2.75) is 6.42 Å². The lowest BCUT2D eigenvalue weighted by Crippen LogP contribution is -2.29. The molecule has 0 saturated heterocycles. The third-order valence-electron chi connectivity index (χ3n) is 1.87. The van der Waals surface area contributed by atoms with Gasteiger partial charge in [-0.15, -0.1) is 0 Å². The fraction of sp³-hybridized carbons (Fsp3) is 0.455. The largest absolute Gasteiger partial charge is 0.394 e. The van der Waals surface area contributed by atoms with Crippen LogP contribution in [0.1, 0.15) is 5.69 Å². The number of carbonyl (C=O) groups is 1. The zero-order valence-corrected chi connectivity index (χ0v) is 9.06. The maximum atomic E-state index is 11.4. The van der Waals surface area contributed by atoms with E-state index in [1.54, 1.807) is 6.20 Å². The highest BCUT2D eigenvalue weighted by molar-refractivity contribution is 5.77. The summed E-state index contributed by atoms with van der Waals surface area (Å²) in [5.74, 6) is -0.0775. The van der Waals surface area contributed by atoms with Gasteiger partial charge < -0.3 is 15.2 Å². The molecule has 0 atom stereocenters. The monoisotopic (exact) mass is 224 g/mol. The average Bonchev–Trinajstić information content (AvgIpc) is 2.30. The van der Waals surface area contributed by atoms with Crippen LogP contribution in [0.5, 0.6) is 0 Å². The van der Waals surface area contributed by atoms with E-state index in [2.05, 4.69) is 10.3 Å². The minimum Gasteiger partial charge on any atom is -0.394 e. The molecule has 0 saturated carbocycles. The lowest BCUT2D eigenvalue weighted by Gasteiger charge is -2.05. The van der Waals surface area contributed by atoms with Gasteiger partial charge in [-0.25, -0.2) is 0 Å². The zero-order valence-electron chi connectivity index (χ0n) is 9.06. The second kappa shape index (κ2) is 7.78. The Hall–Kier alpha value is -1.46. The first kappa shape index (κ1) is 12.6. The molecule has 2 N–H and O–H groups in total. The van der Waals surface area contributed by atoms with Gasteiger partial charge in [-0.1, -0.05) is 6.07 Å². The van der Waals surface area contributed by atoms with E-state index in [-0.39, 0.29) is 18.9 Å². The Labute approximate surface area is 94.5 Å². The van der Waals surface area contributed by atoms with Crippen LogP contribution in [0, 0.1) is 0 Å². The van der Waals surface area contributed by atoms with Crippen LogP contribution >= 0.6 is 0 Å². The van der Waals surface area contributed by atoms with Gasteiger partial charge in [-0.3, -0.25) is 9.78 Å². The molecule has 0 aliphatic carbocycles. The number of amides is 1. The molecule has 0 bridgehead atoms. The van der Waals surface area contributed by atoms with Crippen molar-refractivity contribution >= 4 is 5.91 Å². The summed E-state index contributed by atoms with van der Waals surface area (Å²) in [7, 11) is 0. The SMILES string of the molecule is O=C(Cc1ccccn1)NCCOCCO. The highest BCUT2D eigenvalue weighted by Crippen LogP contribution is 1.93. The molecule has 0 unspecified atom stereocenters. The van der Waals surface area contributed by atoms with Crippen molar-refractivity contribution in [3.05, 3.63) is 30.1 Å². The van der Waals surface area contributed by atoms with Crippen molar-refractivity contribution in [1.82, 2.24) is 10.3 Å². The Kier molecular flexibility index (Phi) is 6.13. The zero-order chi connectivity index (χ0) is 11.6. The number of rotatable bonds is 7. The standard InChI is InChI=1S/C11H16N2O3/c14-6-8-16-7-5-13-11(15)9-10-3-1-2-4-12-10/h1-4,14H,5-9H2,(H,13,15). The van der Waals surface area contributed by atoms with E-state index in [9.17, 15) is 4.79 Å². The molecule has 1 heterocycles. The van der Waals surface area contributed by atoms with E-state index in [1.807, 2.05) is 18.2 Å². The lowest BCUT2D eigenvalue weighted by molar-refractivity contribution is -0.120. The molecule has 0 aliphatic heterocycles. The Bertz CT molecular complexity index is 303. The third kappa shape index (κ3) is 5.43. The summed E-state index contributed by atoms with van der Waals surface area (Å²) >= 11 is 0. The molecule has 0 spiro atoms. The first-order valence-electron chi connectivity index (χ1n) is 5.18. The summed E-state index contributed by atoms with van der Waals surface area (Å²) in [6.07, 6.45) is 1.94. The minimum absolute atomic E-state index is 0.00187. The van der Waals surface area contributed by atoms with E-state index < -0.39 is 0 Å². The van der Waals surface area contributed by atoms with E-state index in [4.69, 9.17) is 9.84 Å². The molecule has 1 rings (SSSR count). The topological polar surface area (TPSA) is 71.5 Å². The van der Waals surface area contributed by atoms with Crippen LogP contribution in [0.25, 0.3) is 0 Å². The molecule has 16 heavy (non-hydrogen) atoms. The molecule has 1 aromatic rings. The Balaban J connectivity index is 2.12. The van der Waals surface area contributed by atoms with Crippen LogP contribution in [-0.4, -0.2) is 42.4 Å². The van der Waals surface area contributed by atoms with Crippen molar-refractivity contribution in [2.24, 2.45) is 0 Å². The number of pyridine rings is 1. The van der Waals surface area contributed by atoms with Crippen molar-refractivity contribution in [2.75, 3.05) is 26.4 Å². The molecule has 0 fully saturated rings. The van der Waals surface area contributed by atoms with Crippen molar-refractivity contribution < 1.29 is 14.6 Å². The second-order valence-corrected chi connectivity index (χ2v) is 3.18. The van der Waals surface area contributed by atoms with E-state index in [0.29, 0.717) is 19.8 Å². The first-order valence-corrected chi connectivity index (χ1v) is 5.18. The number of aliphatic hydroxyl groups excluding tert-OH is 1. The van der Waals surface area contributed by atoms with Crippen molar-refractivity contribution in [1.29, 1.82) is 0 Å². The fourth-order valence-corrected chi connectivity index (χ4v) is 1.16. The average molecular weight is 224 g/mol. The van der Waals surface area contributed by atoms with E-state index >= 15 is 0 Å². The molecular formula is C11H16N2O3. The molecule has 1 aromatic heterocycles. The molecule has 0 radical (unpaired) electrons. The number of carbonyl (C=O) groups excluding carboxylic acids is 1. The van der Waals surface area contributed by atoms with Gasteiger partial charge >= 0.3 is 0 Å². The van der Waals surface area contributed by atoms with E-state index in [1.165, 1.54) is 0 Å². The molecule has 0 aliphatic rings. The van der Waals surface area contributed by atoms with Gasteiger partial charge in [-0.05, 0) is 12.1 Å². The van der Waals surface area contributed by atoms with Crippen molar-refractivity contribution in [3.63, 3.8) is 0 Å². The number of hydrogen-bond donors (Lipinski definition) is 2. The molecule has 5 heteroatoms. The van der Waals surface area contributed by atoms with Crippen LogP contribution in [0.4, 0.5) is 0 Å². The maximum Gasteiger partial charge on any atom is 0.226 e. The normalized spacial score (nSPS) is 10.1. The van der Waals surface area contributed by atoms with Crippen molar-refractivity contribution in [3.8, 4) is 0 Å². The smallest absolute Gasteiger partial charge is 0.226 e. The lowest BCUT2D eigenvalue weighted by atomic mass is 10.2. The van der Waals surface area contributed by atoms with Gasteiger partial charge in [0.05, 0.1) is 26.2 Å². The minimum atomic E-state index is -0.0775. The number of nitrogens with zero attached hydrogens (tertiary/aromatic N) is 1. The Morgan fingerprint density at radius 3 is 3.00 bits per heavy atom. The quantitative estimate of drug-likeness (QED) is 0.626. The maximum absolute atomic E-state index is 11.4. The highest BCUT2D eigenvalue weighted by Gasteiger charge is 2.02. The van der Waals surface area contributed by atoms with Gasteiger partial charge in [0.15, 0.2) is 0 Å². The summed E-state index contributed by atoms with van der Waals surface area (Å²) < 4.78 is 5.00. The highest BCUT2D eigenvalue weighted by atomic mass is 16.5. The molecular weight excluding hydrogens is 208 g/mol. The predicted molar refractivity (Wildman–Crippen MR) is 58.9 cm³/mol. The molecule has 88 valence electrons. The number of ether oxygens (including phenoxy) is 1. The fourth-order valence-electron chi connectivity index (χ4n) is 1.16. The number of nitrogens with one attached hydrogen (secondary N) is 1. The van der Waals surface area contributed by atoms with Crippen LogP contribution in [0.2, 0.25) is 0 Å². The summed E-state index contributed by atoms with van der Waals surface area (Å²) in [5, 5.41) is 11.2. The van der Waals surface area contributed by atoms with Gasteiger partial charge in [0.2, 0.25) is 5.91 Å². The van der Waals surface area contributed by atoms with E-state index in [0.717, 1.165) is 5.69 Å². The van der Waals surface area contributed by atoms with Gasteiger partial charge in [0.25, 0.3) is 0 Å². The molecule has 0 aromatic carbocycles. The summed E-state index contributed by atoms with van der Waals surface area (Å²) in [5.41, 5.74) is 0.747. The van der Waals surface area contributed by atoms with Gasteiger partial charge in [0.1, 0.15) is 0 Å². The van der Waals surface area contributed by atoms with Crippen LogP contribution in [-0.2, 0) is 16.0 Å². The summed E-state index contributed by atoms with van der Waals surface area (Å²) in [6.45, 7) is 1.16. The summed E-state index contributed by atoms with van der Waals surface area (Å²) in [4.78, 5) is 15.4. The third-order valence-corrected chi connectivity index (χ3v) is 1.87. The van der Waals surface area contributed by atoms with Gasteiger partial charge in [0, 0.05) is 18.4 Å². The van der Waals surface area contributed by atoms with Crippen LogP contribution in [0.15, 0.2) is 24.4 Å². The van der Waals surface area contributed by atoms with Crippen LogP contribution < -0.4 is 5.32 Å². The predicted octanol–water partition coefficient (Wildman–Crippen LogP) is -0.251. The molecule has 1 amide bonds. The number of hydrogen-bond acceptors (Lipinski definition) is 4. The Morgan fingerprint density at radius 1 is 1.44 bits per heavy atom. The van der Waals surface area contributed by atoms with Crippen LogP contribution in [0.3, 0.4) is 0 Å². The van der Waals surface area contributed by atoms with Gasteiger partial charge in [-0.2, -0.15) is 0 Å². The second-order valence-electron chi connectivity index (χ2n) is 3.18. The Morgan fingerprint density at radius 2 is 2.31 bits per heavy atom. The number of aromatic nitrogens is 1. The first-order chi connectivity index (χ1) is 7.83.